The van der Waals surface area contributed by atoms with Gasteiger partial charge in [-0.3, -0.25) is 9.59 Å². The summed E-state index contributed by atoms with van der Waals surface area (Å²) in [5, 5.41) is 0. The smallest absolute Gasteiger partial charge is 0.323 e. The van der Waals surface area contributed by atoms with Crippen molar-refractivity contribution in [1.82, 2.24) is 0 Å². The van der Waals surface area contributed by atoms with Gasteiger partial charge in [-0.25, -0.2) is 0 Å². The average Bonchev–Trinajstić information content (AvgIpc) is 2.96. The van der Waals surface area contributed by atoms with Crippen molar-refractivity contribution in [1.29, 1.82) is 0 Å². The molecule has 0 spiro atoms. The van der Waals surface area contributed by atoms with Gasteiger partial charge in [0.1, 0.15) is 19.3 Å². The molecular weight excluding hydrogens is 542 g/mol. The van der Waals surface area contributed by atoms with Crippen LogP contribution in [0.15, 0.2) is 0 Å². The minimum absolute atomic E-state index is 0. The lowest BCUT2D eigenvalue weighted by Crippen LogP contribution is -2.33. The standard InChI is InChI=1S/C33H65NO6.ClH/c1-3-5-7-9-11-13-15-17-19-21-25-37-27-29-39-32(35)24-23-31(34)33(36)40-30-28-38-26-22-20-18-16-14-12-10-8-6-4-2;/h31H,3-30,34H2,1-2H3;1H. The lowest BCUT2D eigenvalue weighted by Gasteiger charge is -2.12. The number of ether oxygens (including phenoxy) is 4. The maximum Gasteiger partial charge on any atom is 0.323 e. The Morgan fingerprint density at radius 1 is 0.512 bits per heavy atom. The molecule has 0 saturated carbocycles. The SMILES string of the molecule is CCCCCCCCCCCCOCCOC(=O)CCC(N)C(=O)OCCOCCCCCCCCCCCC.Cl. The summed E-state index contributed by atoms with van der Waals surface area (Å²) in [6.45, 7) is 7.08. The fourth-order valence-electron chi connectivity index (χ4n) is 4.57. The molecule has 0 aromatic rings. The second-order valence-electron chi connectivity index (χ2n) is 11.1. The van der Waals surface area contributed by atoms with Gasteiger partial charge in [-0.1, -0.05) is 129 Å². The van der Waals surface area contributed by atoms with Crippen molar-refractivity contribution < 1.29 is 28.5 Å². The highest BCUT2D eigenvalue weighted by Crippen LogP contribution is 2.11. The Hall–Kier alpha value is -0.890. The second kappa shape index (κ2) is 35.3. The monoisotopic (exact) mass is 607 g/mol. The van der Waals surface area contributed by atoms with Gasteiger partial charge < -0.3 is 24.7 Å². The maximum absolute atomic E-state index is 12.0. The highest BCUT2D eigenvalue weighted by molar-refractivity contribution is 5.85. The lowest BCUT2D eigenvalue weighted by molar-refractivity contribution is -0.148. The molecule has 2 N–H and O–H groups in total. The first-order chi connectivity index (χ1) is 19.6. The molecule has 0 heterocycles. The van der Waals surface area contributed by atoms with Crippen LogP contribution in [0, 0.1) is 0 Å². The van der Waals surface area contributed by atoms with Gasteiger partial charge in [0.15, 0.2) is 0 Å². The van der Waals surface area contributed by atoms with E-state index < -0.39 is 12.0 Å². The van der Waals surface area contributed by atoms with Crippen LogP contribution in [0.3, 0.4) is 0 Å². The number of unbranched alkanes of at least 4 members (excludes halogenated alkanes) is 18. The molecule has 0 bridgehead atoms. The number of esters is 2. The second-order valence-corrected chi connectivity index (χ2v) is 11.1. The van der Waals surface area contributed by atoms with Crippen molar-refractivity contribution in [2.24, 2.45) is 5.73 Å². The van der Waals surface area contributed by atoms with Crippen LogP contribution >= 0.6 is 12.4 Å². The molecule has 1 unspecified atom stereocenters. The van der Waals surface area contributed by atoms with Gasteiger partial charge in [-0.15, -0.1) is 12.4 Å². The number of hydrogen-bond acceptors (Lipinski definition) is 7. The maximum atomic E-state index is 12.0. The van der Waals surface area contributed by atoms with Gasteiger partial charge >= 0.3 is 11.9 Å². The lowest BCUT2D eigenvalue weighted by atomic mass is 10.1. The van der Waals surface area contributed by atoms with E-state index in [1.54, 1.807) is 0 Å². The largest absolute Gasteiger partial charge is 0.463 e. The molecule has 0 aromatic carbocycles. The van der Waals surface area contributed by atoms with Gasteiger partial charge in [0, 0.05) is 19.6 Å². The molecule has 8 heteroatoms. The third kappa shape index (κ3) is 33.5. The van der Waals surface area contributed by atoms with E-state index in [4.69, 9.17) is 24.7 Å². The summed E-state index contributed by atoms with van der Waals surface area (Å²) in [6.07, 6.45) is 26.1. The topological polar surface area (TPSA) is 97.1 Å². The number of rotatable bonds is 32. The summed E-state index contributed by atoms with van der Waals surface area (Å²) in [4.78, 5) is 23.9. The first kappa shape index (κ1) is 42.2. The first-order valence-electron chi connectivity index (χ1n) is 16.8. The third-order valence-electron chi connectivity index (χ3n) is 7.21. The number of hydrogen-bond donors (Lipinski definition) is 1. The molecule has 0 saturated heterocycles. The summed E-state index contributed by atoms with van der Waals surface area (Å²) in [6, 6.07) is -0.831. The molecule has 0 amide bonds. The van der Waals surface area contributed by atoms with Crippen LogP contribution in [0.25, 0.3) is 0 Å². The summed E-state index contributed by atoms with van der Waals surface area (Å²) < 4.78 is 21.4. The molecule has 0 aliphatic heterocycles. The Morgan fingerprint density at radius 2 is 0.878 bits per heavy atom. The quantitative estimate of drug-likeness (QED) is 0.0605. The number of halogens is 1. The fourth-order valence-corrected chi connectivity index (χ4v) is 4.57. The molecule has 7 nitrogen and oxygen atoms in total. The molecule has 1 atom stereocenters. The van der Waals surface area contributed by atoms with Crippen LogP contribution in [0.5, 0.6) is 0 Å². The molecular formula is C33H66ClNO6. The van der Waals surface area contributed by atoms with E-state index in [0.717, 1.165) is 12.8 Å². The van der Waals surface area contributed by atoms with Crippen molar-refractivity contribution >= 4 is 24.3 Å². The van der Waals surface area contributed by atoms with Crippen LogP contribution in [-0.4, -0.2) is 57.6 Å². The minimum atomic E-state index is -0.831. The highest BCUT2D eigenvalue weighted by Gasteiger charge is 2.17. The molecule has 0 aliphatic rings. The highest BCUT2D eigenvalue weighted by atomic mass is 35.5. The zero-order valence-electron chi connectivity index (χ0n) is 26.8. The molecule has 0 radical (unpaired) electrons. The van der Waals surface area contributed by atoms with Crippen molar-refractivity contribution in [2.75, 3.05) is 39.6 Å². The normalized spacial score (nSPS) is 11.7. The molecule has 0 aromatic heterocycles. The predicted octanol–water partition coefficient (Wildman–Crippen LogP) is 8.48. The zero-order valence-corrected chi connectivity index (χ0v) is 27.6. The first-order valence-corrected chi connectivity index (χ1v) is 16.8. The van der Waals surface area contributed by atoms with Crippen molar-refractivity contribution in [3.05, 3.63) is 0 Å². The molecule has 41 heavy (non-hydrogen) atoms. The summed E-state index contributed by atoms with van der Waals surface area (Å²) >= 11 is 0. The van der Waals surface area contributed by atoms with Crippen LogP contribution < -0.4 is 5.73 Å². The minimum Gasteiger partial charge on any atom is -0.463 e. The van der Waals surface area contributed by atoms with Gasteiger partial charge in [0.25, 0.3) is 0 Å². The van der Waals surface area contributed by atoms with E-state index in [1.807, 2.05) is 0 Å². The van der Waals surface area contributed by atoms with Gasteiger partial charge in [-0.05, 0) is 19.3 Å². The average molecular weight is 608 g/mol. The Kier molecular flexibility index (Phi) is 36.4. The summed E-state index contributed by atoms with van der Waals surface area (Å²) in [5.41, 5.74) is 5.85. The van der Waals surface area contributed by atoms with E-state index >= 15 is 0 Å². The van der Waals surface area contributed by atoms with E-state index in [2.05, 4.69) is 13.8 Å². The van der Waals surface area contributed by atoms with Crippen LogP contribution in [0.2, 0.25) is 0 Å². The van der Waals surface area contributed by atoms with Crippen LogP contribution in [0.1, 0.15) is 155 Å². The molecule has 0 rings (SSSR count). The fraction of sp³-hybridized carbons (Fsp3) is 0.939. The number of carbonyl (C=O) groups is 2. The van der Waals surface area contributed by atoms with Gasteiger partial charge in [-0.2, -0.15) is 0 Å². The third-order valence-corrected chi connectivity index (χ3v) is 7.21. The summed E-state index contributed by atoms with van der Waals surface area (Å²) in [7, 11) is 0. The Balaban J connectivity index is 0. The van der Waals surface area contributed by atoms with Crippen molar-refractivity contribution in [3.63, 3.8) is 0 Å². The van der Waals surface area contributed by atoms with Crippen LogP contribution in [0.4, 0.5) is 0 Å². The van der Waals surface area contributed by atoms with Crippen molar-refractivity contribution in [3.8, 4) is 0 Å². The summed E-state index contributed by atoms with van der Waals surface area (Å²) in [5.74, 6) is -0.874. The number of nitrogens with two attached hydrogens (primary N) is 1. The van der Waals surface area contributed by atoms with Gasteiger partial charge in [0.2, 0.25) is 0 Å². The zero-order chi connectivity index (χ0) is 29.4. The van der Waals surface area contributed by atoms with Crippen LogP contribution in [-0.2, 0) is 28.5 Å². The Morgan fingerprint density at radius 3 is 1.29 bits per heavy atom. The van der Waals surface area contributed by atoms with Gasteiger partial charge in [0.05, 0.1) is 13.2 Å². The van der Waals surface area contributed by atoms with E-state index in [9.17, 15) is 9.59 Å². The van der Waals surface area contributed by atoms with E-state index in [-0.39, 0.29) is 44.4 Å². The molecule has 0 fully saturated rings. The van der Waals surface area contributed by atoms with E-state index in [0.29, 0.717) is 26.4 Å². The predicted molar refractivity (Wildman–Crippen MR) is 172 cm³/mol. The number of carbonyl (C=O) groups excluding carboxylic acids is 2. The molecule has 246 valence electrons. The Bertz CT molecular complexity index is 552. The Labute approximate surface area is 259 Å². The van der Waals surface area contributed by atoms with Crippen molar-refractivity contribution in [2.45, 2.75) is 161 Å². The van der Waals surface area contributed by atoms with E-state index in [1.165, 1.54) is 116 Å². The molecule has 0 aliphatic carbocycles.